The van der Waals surface area contributed by atoms with Gasteiger partial charge >= 0.3 is 0 Å². The smallest absolute Gasteiger partial charge is 0.269 e. The fraction of sp³-hybridized carbons (Fsp3) is 0.375. The van der Waals surface area contributed by atoms with Gasteiger partial charge in [0.25, 0.3) is 5.91 Å². The van der Waals surface area contributed by atoms with Crippen molar-refractivity contribution in [2.45, 2.75) is 17.7 Å². The quantitative estimate of drug-likeness (QED) is 0.533. The Morgan fingerprint density at radius 3 is 3.06 bits per heavy atom. The molecule has 2 N–H and O–H groups in total. The van der Waals surface area contributed by atoms with Crippen LogP contribution in [0.15, 0.2) is 41.4 Å². The molecule has 34 heavy (non-hydrogen) atoms. The zero-order chi connectivity index (χ0) is 23.5. The van der Waals surface area contributed by atoms with E-state index in [9.17, 15) is 9.59 Å². The fourth-order valence-corrected chi connectivity index (χ4v) is 5.11. The highest BCUT2D eigenvalue weighted by molar-refractivity contribution is 8.00. The molecule has 0 saturated carbocycles. The molecule has 0 spiro atoms. The molecule has 5 heterocycles. The Morgan fingerprint density at radius 1 is 1.26 bits per heavy atom. The zero-order valence-corrected chi connectivity index (χ0v) is 19.7. The Hall–Kier alpha value is -3.24. The lowest BCUT2D eigenvalue weighted by Crippen LogP contribution is -2.32. The molecule has 2 aliphatic heterocycles. The van der Waals surface area contributed by atoms with Crippen LogP contribution in [0.4, 0.5) is 5.82 Å². The normalized spacial score (nSPS) is 17.9. The van der Waals surface area contributed by atoms with Crippen molar-refractivity contribution in [2.24, 2.45) is 5.92 Å². The van der Waals surface area contributed by atoms with Crippen LogP contribution in [0.2, 0.25) is 0 Å². The number of aromatic nitrogens is 3. The van der Waals surface area contributed by atoms with Gasteiger partial charge in [0.2, 0.25) is 11.8 Å². The van der Waals surface area contributed by atoms with E-state index in [0.29, 0.717) is 35.6 Å². The Bertz CT molecular complexity index is 1240. The number of hydrogen-bond donors (Lipinski definition) is 2. The topological polar surface area (TPSA) is 109 Å². The van der Waals surface area contributed by atoms with Crippen molar-refractivity contribution >= 4 is 40.4 Å². The Labute approximate surface area is 201 Å². The number of hydrogen-bond acceptors (Lipinski definition) is 8. The molecule has 0 unspecified atom stereocenters. The van der Waals surface area contributed by atoms with Crippen LogP contribution in [0.1, 0.15) is 22.5 Å². The van der Waals surface area contributed by atoms with Crippen molar-refractivity contribution in [2.75, 3.05) is 44.4 Å². The van der Waals surface area contributed by atoms with Crippen LogP contribution in [0.5, 0.6) is 5.88 Å². The average Bonchev–Trinajstić information content (AvgIpc) is 3.33. The molecule has 2 aliphatic rings. The molecule has 0 aliphatic carbocycles. The SMILES string of the molecule is COc1ccc2nccc(CCN3CC[C@H](CNC(=O)c4ccc5c(n4)NC(=O)CS5)C3)c2n1. The highest BCUT2D eigenvalue weighted by Gasteiger charge is 2.24. The minimum absolute atomic E-state index is 0.0942. The van der Waals surface area contributed by atoms with E-state index >= 15 is 0 Å². The summed E-state index contributed by atoms with van der Waals surface area (Å²) >= 11 is 1.43. The molecule has 5 rings (SSSR count). The van der Waals surface area contributed by atoms with E-state index in [0.717, 1.165) is 54.0 Å². The molecule has 1 saturated heterocycles. The number of fused-ring (bicyclic) bond motifs is 2. The number of pyridine rings is 3. The monoisotopic (exact) mass is 478 g/mol. The van der Waals surface area contributed by atoms with E-state index in [1.807, 2.05) is 30.5 Å². The van der Waals surface area contributed by atoms with Gasteiger partial charge in [-0.15, -0.1) is 11.8 Å². The van der Waals surface area contributed by atoms with Crippen LogP contribution in [-0.2, 0) is 11.2 Å². The number of nitrogens with one attached hydrogen (secondary N) is 2. The largest absolute Gasteiger partial charge is 0.481 e. The minimum atomic E-state index is -0.214. The van der Waals surface area contributed by atoms with Gasteiger partial charge in [-0.2, -0.15) is 0 Å². The van der Waals surface area contributed by atoms with Crippen LogP contribution in [-0.4, -0.2) is 70.7 Å². The van der Waals surface area contributed by atoms with Crippen LogP contribution in [0.3, 0.4) is 0 Å². The number of thioether (sulfide) groups is 1. The number of likely N-dealkylation sites (tertiary alicyclic amines) is 1. The van der Waals surface area contributed by atoms with Gasteiger partial charge in [0.15, 0.2) is 0 Å². The van der Waals surface area contributed by atoms with Gasteiger partial charge in [0.05, 0.1) is 28.8 Å². The molecule has 0 radical (unpaired) electrons. The number of methoxy groups -OCH3 is 1. The van der Waals surface area contributed by atoms with Crippen molar-refractivity contribution in [3.8, 4) is 5.88 Å². The number of carbonyl (C=O) groups excluding carboxylic acids is 2. The molecule has 9 nitrogen and oxygen atoms in total. The lowest BCUT2D eigenvalue weighted by Gasteiger charge is -2.17. The van der Waals surface area contributed by atoms with Crippen LogP contribution >= 0.6 is 11.8 Å². The molecular formula is C24H26N6O3S. The second-order valence-electron chi connectivity index (χ2n) is 8.49. The van der Waals surface area contributed by atoms with Gasteiger partial charge in [0, 0.05) is 31.9 Å². The third-order valence-corrected chi connectivity index (χ3v) is 7.22. The number of ether oxygens (including phenoxy) is 1. The third-order valence-electron chi connectivity index (χ3n) is 6.18. The van der Waals surface area contributed by atoms with Gasteiger partial charge in [-0.3, -0.25) is 14.6 Å². The van der Waals surface area contributed by atoms with Crippen molar-refractivity contribution in [3.63, 3.8) is 0 Å². The number of carbonyl (C=O) groups is 2. The molecule has 1 atom stereocenters. The molecule has 2 amide bonds. The summed E-state index contributed by atoms with van der Waals surface area (Å²) in [4.78, 5) is 40.8. The number of amides is 2. The first-order chi connectivity index (χ1) is 16.6. The molecule has 3 aromatic heterocycles. The number of rotatable bonds is 7. The van der Waals surface area contributed by atoms with E-state index < -0.39 is 0 Å². The van der Waals surface area contributed by atoms with E-state index in [-0.39, 0.29) is 11.8 Å². The van der Waals surface area contributed by atoms with Gasteiger partial charge in [-0.25, -0.2) is 9.97 Å². The zero-order valence-electron chi connectivity index (χ0n) is 18.9. The molecule has 176 valence electrons. The minimum Gasteiger partial charge on any atom is -0.481 e. The van der Waals surface area contributed by atoms with E-state index in [1.54, 1.807) is 13.2 Å². The van der Waals surface area contributed by atoms with Crippen LogP contribution in [0, 0.1) is 5.92 Å². The second kappa shape index (κ2) is 9.94. The van der Waals surface area contributed by atoms with Gasteiger partial charge < -0.3 is 20.3 Å². The van der Waals surface area contributed by atoms with Crippen LogP contribution < -0.4 is 15.4 Å². The molecule has 10 heteroatoms. The maximum absolute atomic E-state index is 12.6. The molecule has 0 aromatic carbocycles. The fourth-order valence-electron chi connectivity index (χ4n) is 4.36. The van der Waals surface area contributed by atoms with Crippen molar-refractivity contribution in [1.29, 1.82) is 0 Å². The van der Waals surface area contributed by atoms with Crippen LogP contribution in [0.25, 0.3) is 11.0 Å². The molecule has 1 fully saturated rings. The Morgan fingerprint density at radius 2 is 2.18 bits per heavy atom. The van der Waals surface area contributed by atoms with Gasteiger partial charge in [-0.1, -0.05) is 0 Å². The first kappa shape index (κ1) is 22.5. The molecule has 0 bridgehead atoms. The molecular weight excluding hydrogens is 452 g/mol. The Balaban J connectivity index is 1.13. The lowest BCUT2D eigenvalue weighted by atomic mass is 10.1. The van der Waals surface area contributed by atoms with Gasteiger partial charge in [0.1, 0.15) is 11.5 Å². The highest BCUT2D eigenvalue weighted by atomic mass is 32.2. The number of anilines is 1. The molecule has 3 aromatic rings. The summed E-state index contributed by atoms with van der Waals surface area (Å²) in [5.41, 5.74) is 3.24. The van der Waals surface area contributed by atoms with E-state index in [4.69, 9.17) is 4.74 Å². The van der Waals surface area contributed by atoms with E-state index in [2.05, 4.69) is 30.5 Å². The van der Waals surface area contributed by atoms with E-state index in [1.165, 1.54) is 11.8 Å². The van der Waals surface area contributed by atoms with Gasteiger partial charge in [-0.05, 0) is 55.1 Å². The summed E-state index contributed by atoms with van der Waals surface area (Å²) in [5, 5.41) is 5.74. The summed E-state index contributed by atoms with van der Waals surface area (Å²) in [7, 11) is 1.62. The third kappa shape index (κ3) is 4.97. The maximum Gasteiger partial charge on any atom is 0.269 e. The first-order valence-electron chi connectivity index (χ1n) is 11.3. The summed E-state index contributed by atoms with van der Waals surface area (Å²) in [6, 6.07) is 9.33. The predicted molar refractivity (Wildman–Crippen MR) is 130 cm³/mol. The predicted octanol–water partition coefficient (Wildman–Crippen LogP) is 2.37. The van der Waals surface area contributed by atoms with Crippen molar-refractivity contribution < 1.29 is 14.3 Å². The van der Waals surface area contributed by atoms with Crippen molar-refractivity contribution in [1.82, 2.24) is 25.2 Å². The Kier molecular flexibility index (Phi) is 6.59. The first-order valence-corrected chi connectivity index (χ1v) is 12.3. The number of nitrogens with zero attached hydrogens (tertiary/aromatic N) is 4. The summed E-state index contributed by atoms with van der Waals surface area (Å²) < 4.78 is 5.27. The standard InChI is InChI=1S/C24H26N6O3S/c1-33-21-5-3-17-22(29-21)16(6-9-25-17)8-11-30-10-7-15(13-30)12-26-24(32)18-2-4-19-23(27-18)28-20(31)14-34-19/h2-6,9,15H,7-8,10-14H2,1H3,(H,26,32)(H,27,28,31)/t15-/m1/s1. The maximum atomic E-state index is 12.6. The summed E-state index contributed by atoms with van der Waals surface area (Å²) in [6.07, 6.45) is 3.74. The average molecular weight is 479 g/mol. The highest BCUT2D eigenvalue weighted by Crippen LogP contribution is 2.29. The lowest BCUT2D eigenvalue weighted by molar-refractivity contribution is -0.113. The summed E-state index contributed by atoms with van der Waals surface area (Å²) in [6.45, 7) is 3.46. The summed E-state index contributed by atoms with van der Waals surface area (Å²) in [5.74, 6) is 1.52. The second-order valence-corrected chi connectivity index (χ2v) is 9.50. The van der Waals surface area contributed by atoms with Crippen molar-refractivity contribution in [3.05, 3.63) is 47.8 Å².